The van der Waals surface area contributed by atoms with Crippen LogP contribution in [0.4, 0.5) is 4.39 Å². The van der Waals surface area contributed by atoms with Crippen molar-refractivity contribution in [3.05, 3.63) is 151 Å². The zero-order chi connectivity index (χ0) is 41.8. The van der Waals surface area contributed by atoms with Gasteiger partial charge in [0.25, 0.3) is 0 Å². The van der Waals surface area contributed by atoms with Gasteiger partial charge in [0.05, 0.1) is 20.5 Å². The van der Waals surface area contributed by atoms with Gasteiger partial charge >= 0.3 is 0 Å². The number of pyridine rings is 2. The maximum atomic E-state index is 15.6. The van der Waals surface area contributed by atoms with Crippen LogP contribution in [-0.2, 0) is 25.5 Å². The van der Waals surface area contributed by atoms with Crippen LogP contribution in [0.5, 0.6) is 0 Å². The van der Waals surface area contributed by atoms with Crippen LogP contribution < -0.4 is 5.19 Å². The predicted octanol–water partition coefficient (Wildman–Crippen LogP) is 13.0. The van der Waals surface area contributed by atoms with Gasteiger partial charge in [-0.05, 0) is 75.6 Å². The second-order valence-corrected chi connectivity index (χ2v) is 20.9. The molecule has 1 radical (unpaired) electrons. The first-order valence-electron chi connectivity index (χ1n) is 21.1. The van der Waals surface area contributed by atoms with Crippen molar-refractivity contribution in [2.45, 2.75) is 64.6 Å². The Morgan fingerprint density at radius 1 is 0.818 bits per heavy atom. The van der Waals surface area contributed by atoms with Gasteiger partial charge in [-0.15, -0.1) is 52.9 Å². The summed E-state index contributed by atoms with van der Waals surface area (Å²) in [4.78, 5) is 9.26. The number of nitrogens with zero attached hydrogens (tertiary/aromatic N) is 2. The zero-order valence-electron chi connectivity index (χ0n) is 36.7. The number of furan rings is 1. The SMILES string of the molecule is C[Si](C)(C)c1ccc(-c2[c-]ccc3ccccc23)nc1.[2H]c1c([2H])c([2H])c(-c2cc(F)c3c(c2)oc2c[c-]c(-c4cc(C(C)(C)C5CCCC5)ccn4)cc23)c([2H])c1[2H].[Ir]. The molecule has 0 unspecified atom stereocenters. The molecule has 0 N–H and O–H groups in total. The summed E-state index contributed by atoms with van der Waals surface area (Å²) < 4.78 is 61.9. The number of rotatable bonds is 6. The Labute approximate surface area is 345 Å². The maximum Gasteiger partial charge on any atom is 0.133 e. The van der Waals surface area contributed by atoms with Crippen molar-refractivity contribution < 1.29 is 35.8 Å². The molecule has 1 aliphatic rings. The monoisotopic (exact) mass is 922 g/mol. The van der Waals surface area contributed by atoms with Gasteiger partial charge in [-0.1, -0.05) is 130 Å². The number of hydrogen-bond donors (Lipinski definition) is 0. The quantitative estimate of drug-likeness (QED) is 0.123. The first kappa shape index (κ1) is 32.5. The normalized spacial score (nSPS) is 14.8. The summed E-state index contributed by atoms with van der Waals surface area (Å²) in [6.45, 7) is 11.6. The van der Waals surface area contributed by atoms with E-state index in [0.29, 0.717) is 16.9 Å². The molecule has 0 atom stereocenters. The Balaban J connectivity index is 0.000000218. The summed E-state index contributed by atoms with van der Waals surface area (Å²) >= 11 is 0. The molecule has 0 spiro atoms. The summed E-state index contributed by atoms with van der Waals surface area (Å²) in [5.41, 5.74) is 5.56. The minimum atomic E-state index is -1.28. The number of hydrogen-bond acceptors (Lipinski definition) is 3. The van der Waals surface area contributed by atoms with Gasteiger partial charge in [0, 0.05) is 37.9 Å². The van der Waals surface area contributed by atoms with Crippen LogP contribution in [0.1, 0.15) is 51.9 Å². The Bertz CT molecular complexity index is 2850. The van der Waals surface area contributed by atoms with Crippen molar-refractivity contribution in [2.24, 2.45) is 5.92 Å². The second-order valence-electron chi connectivity index (χ2n) is 15.8. The molecule has 279 valence electrons. The van der Waals surface area contributed by atoms with Crippen LogP contribution in [0.2, 0.25) is 19.6 Å². The van der Waals surface area contributed by atoms with Crippen LogP contribution in [0.15, 0.2) is 132 Å². The third-order valence-electron chi connectivity index (χ3n) is 11.0. The van der Waals surface area contributed by atoms with E-state index in [2.05, 4.69) is 110 Å². The van der Waals surface area contributed by atoms with Crippen LogP contribution in [0, 0.1) is 23.9 Å². The molecule has 3 aromatic heterocycles. The van der Waals surface area contributed by atoms with Gasteiger partial charge in [-0.25, -0.2) is 4.39 Å². The number of benzene rings is 5. The van der Waals surface area contributed by atoms with Crippen LogP contribution in [-0.4, -0.2) is 18.0 Å². The molecule has 6 heteroatoms. The molecule has 1 saturated carbocycles. The molecule has 0 bridgehead atoms. The topological polar surface area (TPSA) is 38.9 Å². The maximum absolute atomic E-state index is 15.6. The third kappa shape index (κ3) is 7.87. The Morgan fingerprint density at radius 3 is 2.35 bits per heavy atom. The smallest absolute Gasteiger partial charge is 0.133 e. The summed E-state index contributed by atoms with van der Waals surface area (Å²) in [5, 5.41) is 4.66. The fourth-order valence-corrected chi connectivity index (χ4v) is 8.74. The Hall–Kier alpha value is -4.74. The van der Waals surface area contributed by atoms with E-state index >= 15 is 4.39 Å². The molecule has 0 aliphatic heterocycles. The molecule has 1 fully saturated rings. The molecule has 0 saturated heterocycles. The van der Waals surface area contributed by atoms with Gasteiger partial charge in [0.1, 0.15) is 11.4 Å². The van der Waals surface area contributed by atoms with Gasteiger partial charge in [0.15, 0.2) is 0 Å². The minimum absolute atomic E-state index is 0. The number of halogens is 1. The van der Waals surface area contributed by atoms with Crippen LogP contribution in [0.25, 0.3) is 66.4 Å². The Morgan fingerprint density at radius 2 is 1.60 bits per heavy atom. The molecule has 55 heavy (non-hydrogen) atoms. The fourth-order valence-electron chi connectivity index (χ4n) is 7.71. The van der Waals surface area contributed by atoms with Gasteiger partial charge < -0.3 is 14.4 Å². The van der Waals surface area contributed by atoms with Crippen molar-refractivity contribution in [2.75, 3.05) is 0 Å². The van der Waals surface area contributed by atoms with E-state index in [0.717, 1.165) is 22.5 Å². The third-order valence-corrected chi connectivity index (χ3v) is 13.0. The standard InChI is InChI=1S/C31H27FNO.C18H18NSi.Ir/c1-31(2,23-10-6-7-11-23)24-14-15-33-27(19-24)21-12-13-28-25(16-21)30-26(32)17-22(18-29(30)34-28)20-8-4-3-5-9-20;1-20(2,3)15-11-12-18(19-13-15)17-10-6-8-14-7-4-5-9-16(14)17;/h3-5,8-9,13-19,23H,6-7,10-11H2,1-2H3;4-9,11-13H,1-3H3;/q2*-1;/i3D,4D,5D,8D,9D;;. The first-order valence-corrected chi connectivity index (χ1v) is 22.1. The summed E-state index contributed by atoms with van der Waals surface area (Å²) in [6, 6.07) is 31.6. The summed E-state index contributed by atoms with van der Waals surface area (Å²) in [5.74, 6) is 0.0256. The van der Waals surface area contributed by atoms with Crippen molar-refractivity contribution in [3.63, 3.8) is 0 Å². The van der Waals surface area contributed by atoms with Gasteiger partial charge in [0.2, 0.25) is 0 Å². The van der Waals surface area contributed by atoms with E-state index in [1.165, 1.54) is 59.3 Å². The van der Waals surface area contributed by atoms with E-state index in [4.69, 9.17) is 11.3 Å². The predicted molar refractivity (Wildman–Crippen MR) is 225 cm³/mol. The van der Waals surface area contributed by atoms with Crippen molar-refractivity contribution in [1.29, 1.82) is 0 Å². The van der Waals surface area contributed by atoms with E-state index in [1.54, 1.807) is 6.07 Å². The average Bonchev–Trinajstić information content (AvgIpc) is 3.92. The van der Waals surface area contributed by atoms with Crippen molar-refractivity contribution in [3.8, 4) is 33.6 Å². The number of aromatic nitrogens is 2. The molecule has 8 aromatic rings. The molecular formula is C49H45FIrN2OSi-2. The minimum Gasteiger partial charge on any atom is -0.500 e. The van der Waals surface area contributed by atoms with Crippen LogP contribution in [0.3, 0.4) is 0 Å². The van der Waals surface area contributed by atoms with E-state index < -0.39 is 44.1 Å². The van der Waals surface area contributed by atoms with E-state index in [9.17, 15) is 0 Å². The molecule has 0 amide bonds. The molecular weight excluding hydrogens is 872 g/mol. The molecule has 1 aliphatic carbocycles. The largest absolute Gasteiger partial charge is 0.500 e. The molecule has 3 nitrogen and oxygen atoms in total. The van der Waals surface area contributed by atoms with E-state index in [-0.39, 0.29) is 47.6 Å². The van der Waals surface area contributed by atoms with Gasteiger partial charge in [-0.2, -0.15) is 0 Å². The molecule has 3 heterocycles. The Kier molecular flexibility index (Phi) is 9.32. The van der Waals surface area contributed by atoms with Gasteiger partial charge in [-0.3, -0.25) is 0 Å². The molecule has 5 aromatic carbocycles. The first-order chi connectivity index (χ1) is 28.1. The van der Waals surface area contributed by atoms with E-state index in [1.807, 2.05) is 24.5 Å². The van der Waals surface area contributed by atoms with Crippen molar-refractivity contribution >= 4 is 46.0 Å². The second kappa shape index (κ2) is 15.8. The van der Waals surface area contributed by atoms with Crippen molar-refractivity contribution in [1.82, 2.24) is 9.97 Å². The van der Waals surface area contributed by atoms with Crippen LogP contribution >= 0.6 is 0 Å². The molecule has 9 rings (SSSR count). The summed E-state index contributed by atoms with van der Waals surface area (Å²) in [6.07, 6.45) is 8.86. The average molecular weight is 922 g/mol. The fraction of sp³-hybridized carbons (Fsp3) is 0.224. The number of fused-ring (bicyclic) bond motifs is 4. The zero-order valence-corrected chi connectivity index (χ0v) is 35.1. The summed E-state index contributed by atoms with van der Waals surface area (Å²) in [7, 11) is -1.28.